The number of aromatic hydroxyl groups is 1. The van der Waals surface area contributed by atoms with Gasteiger partial charge in [0.1, 0.15) is 0 Å². The maximum Gasteiger partial charge on any atom is 0.311 e. The van der Waals surface area contributed by atoms with Crippen molar-refractivity contribution in [2.24, 2.45) is 5.73 Å². The second-order valence-corrected chi connectivity index (χ2v) is 2.97. The first-order valence-electron chi connectivity index (χ1n) is 4.16. The highest BCUT2D eigenvalue weighted by molar-refractivity contribution is 5.48. The summed E-state index contributed by atoms with van der Waals surface area (Å²) in [7, 11) is 0. The van der Waals surface area contributed by atoms with Gasteiger partial charge in [-0.3, -0.25) is 10.1 Å². The SMILES string of the molecule is N#CC[C@@H](N)c1ccc(O)c([N+](=O)[O-])c1. The fraction of sp³-hybridized carbons (Fsp3) is 0.222. The summed E-state index contributed by atoms with van der Waals surface area (Å²) in [4.78, 5) is 9.80. The Bertz CT molecular complexity index is 425. The first-order chi connectivity index (χ1) is 7.06. The molecule has 0 amide bonds. The number of nitro groups is 1. The molecular formula is C9H9N3O3. The van der Waals surface area contributed by atoms with Crippen molar-refractivity contribution in [1.29, 1.82) is 5.26 Å². The van der Waals surface area contributed by atoms with Crippen molar-refractivity contribution in [3.8, 4) is 11.8 Å². The Morgan fingerprint density at radius 3 is 2.87 bits per heavy atom. The van der Waals surface area contributed by atoms with Crippen LogP contribution in [-0.4, -0.2) is 10.0 Å². The molecule has 0 aliphatic carbocycles. The molecule has 78 valence electrons. The molecule has 0 aliphatic rings. The molecule has 0 fully saturated rings. The van der Waals surface area contributed by atoms with E-state index in [0.29, 0.717) is 5.56 Å². The highest BCUT2D eigenvalue weighted by atomic mass is 16.6. The van der Waals surface area contributed by atoms with E-state index in [0.717, 1.165) is 0 Å². The number of hydrogen-bond donors (Lipinski definition) is 2. The number of nitro benzene ring substituents is 1. The normalized spacial score (nSPS) is 11.7. The predicted octanol–water partition coefficient (Wildman–Crippen LogP) is 1.21. The van der Waals surface area contributed by atoms with E-state index in [4.69, 9.17) is 16.1 Å². The molecule has 6 nitrogen and oxygen atoms in total. The number of benzene rings is 1. The molecule has 0 unspecified atom stereocenters. The highest BCUT2D eigenvalue weighted by Crippen LogP contribution is 2.28. The van der Waals surface area contributed by atoms with E-state index in [-0.39, 0.29) is 6.42 Å². The molecular weight excluding hydrogens is 198 g/mol. The third kappa shape index (κ3) is 2.42. The number of nitriles is 1. The predicted molar refractivity (Wildman–Crippen MR) is 51.9 cm³/mol. The van der Waals surface area contributed by atoms with Crippen LogP contribution in [0.1, 0.15) is 18.0 Å². The van der Waals surface area contributed by atoms with Gasteiger partial charge >= 0.3 is 5.69 Å². The van der Waals surface area contributed by atoms with E-state index >= 15 is 0 Å². The van der Waals surface area contributed by atoms with Gasteiger partial charge in [-0.1, -0.05) is 6.07 Å². The number of nitrogens with zero attached hydrogens (tertiary/aromatic N) is 2. The van der Waals surface area contributed by atoms with Crippen LogP contribution in [0.4, 0.5) is 5.69 Å². The second-order valence-electron chi connectivity index (χ2n) is 2.97. The zero-order valence-electron chi connectivity index (χ0n) is 7.75. The van der Waals surface area contributed by atoms with Crippen LogP contribution in [0.15, 0.2) is 18.2 Å². The van der Waals surface area contributed by atoms with Gasteiger partial charge in [-0.05, 0) is 11.6 Å². The van der Waals surface area contributed by atoms with Gasteiger partial charge in [0.15, 0.2) is 5.75 Å². The fourth-order valence-electron chi connectivity index (χ4n) is 1.13. The molecule has 3 N–H and O–H groups in total. The molecule has 1 aromatic rings. The van der Waals surface area contributed by atoms with E-state index < -0.39 is 22.4 Å². The Morgan fingerprint density at radius 1 is 1.67 bits per heavy atom. The Labute approximate surface area is 85.7 Å². The largest absolute Gasteiger partial charge is 0.502 e. The number of phenolic OH excluding ortho intramolecular Hbond substituents is 1. The standard InChI is InChI=1S/C9H9N3O3/c10-4-3-7(11)6-1-2-9(13)8(5-6)12(14)15/h1-2,5,7,13H,3,11H2/t7-/m1/s1. The summed E-state index contributed by atoms with van der Waals surface area (Å²) in [6, 6.07) is 5.14. The number of hydrogen-bond acceptors (Lipinski definition) is 5. The molecule has 1 rings (SSSR count). The van der Waals surface area contributed by atoms with E-state index in [1.165, 1.54) is 18.2 Å². The van der Waals surface area contributed by atoms with E-state index in [9.17, 15) is 10.1 Å². The lowest BCUT2D eigenvalue weighted by atomic mass is 10.0. The average Bonchev–Trinajstić information content (AvgIpc) is 2.18. The molecule has 0 spiro atoms. The zero-order valence-corrected chi connectivity index (χ0v) is 7.75. The van der Waals surface area contributed by atoms with Gasteiger partial charge in [-0.2, -0.15) is 5.26 Å². The van der Waals surface area contributed by atoms with Crippen LogP contribution < -0.4 is 5.73 Å². The first kappa shape index (κ1) is 10.9. The number of phenols is 1. The lowest BCUT2D eigenvalue weighted by Gasteiger charge is -2.07. The Kier molecular flexibility index (Phi) is 3.21. The molecule has 0 saturated carbocycles. The van der Waals surface area contributed by atoms with Crippen LogP contribution >= 0.6 is 0 Å². The number of nitrogens with two attached hydrogens (primary N) is 1. The van der Waals surface area contributed by atoms with E-state index in [1.54, 1.807) is 0 Å². The quantitative estimate of drug-likeness (QED) is 0.571. The van der Waals surface area contributed by atoms with Gasteiger partial charge in [0.25, 0.3) is 0 Å². The van der Waals surface area contributed by atoms with E-state index in [1.807, 2.05) is 6.07 Å². The molecule has 15 heavy (non-hydrogen) atoms. The van der Waals surface area contributed by atoms with Crippen molar-refractivity contribution in [3.05, 3.63) is 33.9 Å². The van der Waals surface area contributed by atoms with Crippen molar-refractivity contribution in [2.75, 3.05) is 0 Å². The summed E-state index contributed by atoms with van der Waals surface area (Å²) < 4.78 is 0. The van der Waals surface area contributed by atoms with Crippen molar-refractivity contribution >= 4 is 5.69 Å². The van der Waals surface area contributed by atoms with Gasteiger partial charge in [0.05, 0.1) is 17.4 Å². The molecule has 1 aromatic carbocycles. The summed E-state index contributed by atoms with van der Waals surface area (Å²) in [6.45, 7) is 0. The third-order valence-electron chi connectivity index (χ3n) is 1.94. The van der Waals surface area contributed by atoms with Crippen LogP contribution in [-0.2, 0) is 0 Å². The van der Waals surface area contributed by atoms with Crippen LogP contribution in [0, 0.1) is 21.4 Å². The minimum absolute atomic E-state index is 0.0714. The van der Waals surface area contributed by atoms with Crippen molar-refractivity contribution < 1.29 is 10.0 Å². The number of rotatable bonds is 3. The Balaban J connectivity index is 3.08. The molecule has 1 atom stereocenters. The molecule has 6 heteroatoms. The first-order valence-corrected chi connectivity index (χ1v) is 4.16. The maximum absolute atomic E-state index is 10.5. The summed E-state index contributed by atoms with van der Waals surface area (Å²) in [5, 5.41) is 28.1. The maximum atomic E-state index is 10.5. The topological polar surface area (TPSA) is 113 Å². The molecule has 0 heterocycles. The van der Waals surface area contributed by atoms with Crippen LogP contribution in [0.25, 0.3) is 0 Å². The van der Waals surface area contributed by atoms with Gasteiger partial charge < -0.3 is 10.8 Å². The third-order valence-corrected chi connectivity index (χ3v) is 1.94. The van der Waals surface area contributed by atoms with Crippen LogP contribution in [0.2, 0.25) is 0 Å². The molecule has 0 aliphatic heterocycles. The van der Waals surface area contributed by atoms with Gasteiger partial charge in [-0.25, -0.2) is 0 Å². The zero-order chi connectivity index (χ0) is 11.4. The van der Waals surface area contributed by atoms with Crippen LogP contribution in [0.5, 0.6) is 5.75 Å². The molecule has 0 bridgehead atoms. The average molecular weight is 207 g/mol. The lowest BCUT2D eigenvalue weighted by Crippen LogP contribution is -2.09. The van der Waals surface area contributed by atoms with Gasteiger partial charge in [-0.15, -0.1) is 0 Å². The minimum atomic E-state index is -0.697. The Hall–Kier alpha value is -2.13. The van der Waals surface area contributed by atoms with Gasteiger partial charge in [0.2, 0.25) is 0 Å². The fourth-order valence-corrected chi connectivity index (χ4v) is 1.13. The molecule has 0 aromatic heterocycles. The molecule has 0 saturated heterocycles. The highest BCUT2D eigenvalue weighted by Gasteiger charge is 2.16. The smallest absolute Gasteiger partial charge is 0.311 e. The second kappa shape index (κ2) is 4.39. The van der Waals surface area contributed by atoms with Crippen molar-refractivity contribution in [2.45, 2.75) is 12.5 Å². The minimum Gasteiger partial charge on any atom is -0.502 e. The summed E-state index contributed by atoms with van der Waals surface area (Å²) in [6.07, 6.45) is 0.0714. The lowest BCUT2D eigenvalue weighted by molar-refractivity contribution is -0.385. The van der Waals surface area contributed by atoms with E-state index in [2.05, 4.69) is 0 Å². The summed E-state index contributed by atoms with van der Waals surface area (Å²) >= 11 is 0. The van der Waals surface area contributed by atoms with Gasteiger partial charge in [0, 0.05) is 12.1 Å². The Morgan fingerprint density at radius 2 is 2.33 bits per heavy atom. The summed E-state index contributed by atoms with van der Waals surface area (Å²) in [5.74, 6) is -0.409. The van der Waals surface area contributed by atoms with Crippen molar-refractivity contribution in [1.82, 2.24) is 0 Å². The van der Waals surface area contributed by atoms with Crippen LogP contribution in [0.3, 0.4) is 0 Å². The summed E-state index contributed by atoms with van der Waals surface area (Å²) in [5.41, 5.74) is 5.66. The molecule has 0 radical (unpaired) electrons. The monoisotopic (exact) mass is 207 g/mol. The van der Waals surface area contributed by atoms with Crippen molar-refractivity contribution in [3.63, 3.8) is 0 Å².